The molecule has 0 aliphatic heterocycles. The summed E-state index contributed by atoms with van der Waals surface area (Å²) in [6.07, 6.45) is 0. The maximum atomic E-state index is 13.0. The van der Waals surface area contributed by atoms with Crippen molar-refractivity contribution in [2.75, 3.05) is 22.5 Å². The zero-order chi connectivity index (χ0) is 23.3. The molecule has 10 heteroatoms. The summed E-state index contributed by atoms with van der Waals surface area (Å²) in [4.78, 5) is 23.9. The molecule has 166 valence electrons. The van der Waals surface area contributed by atoms with Crippen molar-refractivity contribution in [1.29, 1.82) is 0 Å². The molecule has 0 unspecified atom stereocenters. The van der Waals surface area contributed by atoms with Crippen LogP contribution in [-0.4, -0.2) is 27.3 Å². The monoisotopic (exact) mass is 457 g/mol. The van der Waals surface area contributed by atoms with Gasteiger partial charge < -0.3 is 15.4 Å². The maximum Gasteiger partial charge on any atom is 0.261 e. The second kappa shape index (κ2) is 9.48. The number of benzene rings is 3. The van der Waals surface area contributed by atoms with Gasteiger partial charge >= 0.3 is 0 Å². The molecule has 0 aliphatic carbocycles. The lowest BCUT2D eigenvalue weighted by Gasteiger charge is -2.12. The molecule has 0 atom stereocenters. The molecule has 0 heterocycles. The number of rotatable bonds is 7. The Morgan fingerprint density at radius 2 is 1.59 bits per heavy atom. The van der Waals surface area contributed by atoms with E-state index >= 15 is 0 Å². The van der Waals surface area contributed by atoms with Crippen LogP contribution < -0.4 is 20.1 Å². The number of hydrogen-bond acceptors (Lipinski definition) is 5. The zero-order valence-electron chi connectivity index (χ0n) is 17.2. The summed E-state index contributed by atoms with van der Waals surface area (Å²) in [5.74, 6) is -0.939. The molecule has 0 spiro atoms. The van der Waals surface area contributed by atoms with Crippen LogP contribution in [0.1, 0.15) is 17.3 Å². The van der Waals surface area contributed by atoms with Gasteiger partial charge in [0, 0.05) is 23.9 Å². The Morgan fingerprint density at radius 1 is 0.906 bits per heavy atom. The number of sulfonamides is 1. The lowest BCUT2D eigenvalue weighted by atomic mass is 10.2. The number of hydrogen-bond donors (Lipinski definition) is 3. The molecule has 32 heavy (non-hydrogen) atoms. The molecular weight excluding hydrogens is 437 g/mol. The Morgan fingerprint density at radius 3 is 2.25 bits per heavy atom. The van der Waals surface area contributed by atoms with Gasteiger partial charge in [-0.15, -0.1) is 0 Å². The van der Waals surface area contributed by atoms with Gasteiger partial charge in [-0.25, -0.2) is 12.8 Å². The minimum Gasteiger partial charge on any atom is -0.495 e. The van der Waals surface area contributed by atoms with Crippen molar-refractivity contribution in [2.45, 2.75) is 11.8 Å². The van der Waals surface area contributed by atoms with Crippen LogP contribution in [0.3, 0.4) is 0 Å². The SMILES string of the molecule is COc1ccc(NC(=O)c2cccc(S(=O)(=O)Nc3ccc(F)cc3)c2)cc1NC(C)=O. The molecule has 0 aromatic heterocycles. The van der Waals surface area contributed by atoms with E-state index in [0.29, 0.717) is 17.1 Å². The fraction of sp³-hybridized carbons (Fsp3) is 0.0909. The van der Waals surface area contributed by atoms with Crippen molar-refractivity contribution in [2.24, 2.45) is 0 Å². The fourth-order valence-electron chi connectivity index (χ4n) is 2.81. The summed E-state index contributed by atoms with van der Waals surface area (Å²) in [5.41, 5.74) is 1.03. The summed E-state index contributed by atoms with van der Waals surface area (Å²) in [7, 11) is -2.55. The Labute approximate surface area is 184 Å². The van der Waals surface area contributed by atoms with Gasteiger partial charge in [0.05, 0.1) is 17.7 Å². The average Bonchev–Trinajstić information content (AvgIpc) is 2.75. The Balaban J connectivity index is 1.81. The second-order valence-electron chi connectivity index (χ2n) is 6.69. The van der Waals surface area contributed by atoms with Crippen molar-refractivity contribution in [3.63, 3.8) is 0 Å². The number of anilines is 3. The third-order valence-corrected chi connectivity index (χ3v) is 5.65. The van der Waals surface area contributed by atoms with Crippen LogP contribution in [0.5, 0.6) is 5.75 Å². The summed E-state index contributed by atoms with van der Waals surface area (Å²) < 4.78 is 45.9. The first-order chi connectivity index (χ1) is 15.2. The molecule has 3 N–H and O–H groups in total. The molecule has 0 saturated carbocycles. The lowest BCUT2D eigenvalue weighted by Crippen LogP contribution is -2.16. The maximum absolute atomic E-state index is 13.0. The van der Waals surface area contributed by atoms with Gasteiger partial charge in [0.25, 0.3) is 15.9 Å². The fourth-order valence-corrected chi connectivity index (χ4v) is 3.92. The van der Waals surface area contributed by atoms with Gasteiger partial charge in [-0.1, -0.05) is 6.07 Å². The van der Waals surface area contributed by atoms with E-state index in [-0.39, 0.29) is 22.1 Å². The molecule has 0 saturated heterocycles. The van der Waals surface area contributed by atoms with Crippen LogP contribution in [-0.2, 0) is 14.8 Å². The van der Waals surface area contributed by atoms with Crippen LogP contribution in [0.25, 0.3) is 0 Å². The smallest absolute Gasteiger partial charge is 0.261 e. The molecule has 0 bridgehead atoms. The van der Waals surface area contributed by atoms with E-state index in [1.807, 2.05) is 0 Å². The number of amides is 2. The van der Waals surface area contributed by atoms with E-state index in [1.165, 1.54) is 56.5 Å². The van der Waals surface area contributed by atoms with Gasteiger partial charge in [0.2, 0.25) is 5.91 Å². The van der Waals surface area contributed by atoms with Gasteiger partial charge in [-0.05, 0) is 60.7 Å². The molecule has 3 aromatic rings. The molecule has 0 fully saturated rings. The van der Waals surface area contributed by atoms with Crippen molar-refractivity contribution < 1.29 is 27.1 Å². The Bertz CT molecular complexity index is 1260. The third-order valence-electron chi connectivity index (χ3n) is 4.27. The first-order valence-corrected chi connectivity index (χ1v) is 10.8. The standard InChI is InChI=1S/C22H20FN3O5S/c1-14(27)24-20-13-18(10-11-21(20)31-2)25-22(28)15-4-3-5-19(12-15)32(29,30)26-17-8-6-16(23)7-9-17/h3-13,26H,1-2H3,(H,24,27)(H,25,28). The lowest BCUT2D eigenvalue weighted by molar-refractivity contribution is -0.114. The number of nitrogens with one attached hydrogen (secondary N) is 3. The van der Waals surface area contributed by atoms with Crippen LogP contribution >= 0.6 is 0 Å². The number of carbonyl (C=O) groups is 2. The first kappa shape index (κ1) is 22.8. The van der Waals surface area contributed by atoms with E-state index in [9.17, 15) is 22.4 Å². The minimum atomic E-state index is -4.00. The molecule has 8 nitrogen and oxygen atoms in total. The first-order valence-electron chi connectivity index (χ1n) is 9.33. The highest BCUT2D eigenvalue weighted by Crippen LogP contribution is 2.28. The molecule has 0 aliphatic rings. The van der Waals surface area contributed by atoms with Crippen molar-refractivity contribution in [1.82, 2.24) is 0 Å². The molecular formula is C22H20FN3O5S. The highest BCUT2D eigenvalue weighted by atomic mass is 32.2. The number of carbonyl (C=O) groups excluding carboxylic acids is 2. The Hall–Kier alpha value is -3.92. The second-order valence-corrected chi connectivity index (χ2v) is 8.37. The number of halogens is 1. The Kier molecular flexibility index (Phi) is 6.74. The largest absolute Gasteiger partial charge is 0.495 e. The van der Waals surface area contributed by atoms with E-state index in [0.717, 1.165) is 12.1 Å². The van der Waals surface area contributed by atoms with Crippen molar-refractivity contribution in [3.8, 4) is 5.75 Å². The van der Waals surface area contributed by atoms with E-state index in [2.05, 4.69) is 15.4 Å². The number of ether oxygens (including phenoxy) is 1. The zero-order valence-corrected chi connectivity index (χ0v) is 18.0. The molecule has 3 rings (SSSR count). The third kappa shape index (κ3) is 5.61. The van der Waals surface area contributed by atoms with Crippen LogP contribution in [0.15, 0.2) is 71.6 Å². The van der Waals surface area contributed by atoms with E-state index in [1.54, 1.807) is 12.1 Å². The predicted molar refractivity (Wildman–Crippen MR) is 119 cm³/mol. The molecule has 3 aromatic carbocycles. The highest BCUT2D eigenvalue weighted by molar-refractivity contribution is 7.92. The number of methoxy groups -OCH3 is 1. The van der Waals surface area contributed by atoms with Crippen LogP contribution in [0.4, 0.5) is 21.5 Å². The van der Waals surface area contributed by atoms with Crippen LogP contribution in [0.2, 0.25) is 0 Å². The van der Waals surface area contributed by atoms with Crippen molar-refractivity contribution in [3.05, 3.63) is 78.1 Å². The highest BCUT2D eigenvalue weighted by Gasteiger charge is 2.17. The van der Waals surface area contributed by atoms with Gasteiger partial charge in [0.15, 0.2) is 0 Å². The summed E-state index contributed by atoms with van der Waals surface area (Å²) >= 11 is 0. The summed E-state index contributed by atoms with van der Waals surface area (Å²) in [5, 5.41) is 5.26. The normalized spacial score (nSPS) is 10.8. The quantitative estimate of drug-likeness (QED) is 0.499. The summed E-state index contributed by atoms with van der Waals surface area (Å²) in [6, 6.07) is 15.0. The predicted octanol–water partition coefficient (Wildman–Crippen LogP) is 3.85. The van der Waals surface area contributed by atoms with E-state index in [4.69, 9.17) is 4.74 Å². The average molecular weight is 457 g/mol. The summed E-state index contributed by atoms with van der Waals surface area (Å²) in [6.45, 7) is 1.34. The van der Waals surface area contributed by atoms with Crippen LogP contribution in [0, 0.1) is 5.82 Å². The van der Waals surface area contributed by atoms with Crippen molar-refractivity contribution >= 4 is 38.9 Å². The molecule has 2 amide bonds. The topological polar surface area (TPSA) is 114 Å². The van der Waals surface area contributed by atoms with E-state index < -0.39 is 21.7 Å². The van der Waals surface area contributed by atoms with Gasteiger partial charge in [0.1, 0.15) is 11.6 Å². The van der Waals surface area contributed by atoms with Gasteiger partial charge in [-0.3, -0.25) is 14.3 Å². The molecule has 0 radical (unpaired) electrons. The van der Waals surface area contributed by atoms with Gasteiger partial charge in [-0.2, -0.15) is 0 Å². The minimum absolute atomic E-state index is 0.101.